The highest BCUT2D eigenvalue weighted by Crippen LogP contribution is 2.28. The van der Waals surface area contributed by atoms with Crippen molar-refractivity contribution in [1.29, 1.82) is 0 Å². The zero-order valence-corrected chi connectivity index (χ0v) is 16.9. The second-order valence-corrected chi connectivity index (χ2v) is 7.69. The molecule has 1 aromatic rings. The molecule has 14 heteroatoms. The second-order valence-electron chi connectivity index (χ2n) is 7.69. The Balaban J connectivity index is 1.71. The monoisotopic (exact) mass is 481 g/mol. The summed E-state index contributed by atoms with van der Waals surface area (Å²) in [6.45, 7) is -1.55. The van der Waals surface area contributed by atoms with Crippen LogP contribution in [0.15, 0.2) is 18.2 Å². The van der Waals surface area contributed by atoms with Crippen molar-refractivity contribution in [2.45, 2.75) is 61.3 Å². The van der Waals surface area contributed by atoms with E-state index in [-0.39, 0.29) is 0 Å². The highest BCUT2D eigenvalue weighted by atomic mass is 19.1. The molecule has 186 valence electrons. The van der Waals surface area contributed by atoms with E-state index in [1.54, 1.807) is 0 Å². The van der Waals surface area contributed by atoms with Gasteiger partial charge in [-0.3, -0.25) is 4.79 Å². The van der Waals surface area contributed by atoms with Gasteiger partial charge in [0.05, 0.1) is 13.2 Å². The zero-order chi connectivity index (χ0) is 24.4. The summed E-state index contributed by atoms with van der Waals surface area (Å²) in [6, 6.07) is 2.02. The molecule has 0 spiro atoms. The van der Waals surface area contributed by atoms with E-state index >= 15 is 0 Å². The molecule has 0 saturated carbocycles. The quantitative estimate of drug-likeness (QED) is 0.199. The van der Waals surface area contributed by atoms with E-state index in [0.29, 0.717) is 6.07 Å². The van der Waals surface area contributed by atoms with E-state index in [9.17, 15) is 49.3 Å². The number of nitrogens with one attached hydrogen (secondary N) is 1. The van der Waals surface area contributed by atoms with Gasteiger partial charge in [-0.1, -0.05) is 0 Å². The number of benzene rings is 1. The molecule has 2 saturated heterocycles. The molecular weight excluding hydrogens is 456 g/mol. The van der Waals surface area contributed by atoms with Crippen molar-refractivity contribution in [3.63, 3.8) is 0 Å². The van der Waals surface area contributed by atoms with Gasteiger partial charge in [-0.2, -0.15) is 0 Å². The largest absolute Gasteiger partial charge is 0.394 e. The predicted octanol–water partition coefficient (Wildman–Crippen LogP) is -3.68. The van der Waals surface area contributed by atoms with Crippen molar-refractivity contribution in [2.24, 2.45) is 0 Å². The van der Waals surface area contributed by atoms with Crippen LogP contribution in [-0.4, -0.2) is 116 Å². The topological polar surface area (TPSA) is 198 Å². The molecule has 0 unspecified atom stereocenters. The Morgan fingerprint density at radius 2 is 1.45 bits per heavy atom. The summed E-state index contributed by atoms with van der Waals surface area (Å²) in [5.41, 5.74) is -0.432. The summed E-state index contributed by atoms with van der Waals surface area (Å²) in [7, 11) is 0. The summed E-state index contributed by atoms with van der Waals surface area (Å²) in [6.07, 6.45) is -16.6. The minimum Gasteiger partial charge on any atom is -0.394 e. The molecule has 2 fully saturated rings. The smallest absolute Gasteiger partial charge is 0.253 e. The fourth-order valence-electron chi connectivity index (χ4n) is 3.61. The van der Waals surface area contributed by atoms with E-state index in [1.165, 1.54) is 0 Å². The molecule has 8 N–H and O–H groups in total. The van der Waals surface area contributed by atoms with E-state index < -0.39 is 97.7 Å². The summed E-state index contributed by atoms with van der Waals surface area (Å²) in [5, 5.41) is 71.7. The number of hydrogen-bond acceptors (Lipinski definition) is 11. The average molecular weight is 481 g/mol. The van der Waals surface area contributed by atoms with Crippen LogP contribution in [0.25, 0.3) is 0 Å². The van der Waals surface area contributed by atoms with Gasteiger partial charge in [0.25, 0.3) is 5.91 Å². The van der Waals surface area contributed by atoms with Crippen LogP contribution < -0.4 is 5.32 Å². The summed E-state index contributed by atoms with van der Waals surface area (Å²) >= 11 is 0. The van der Waals surface area contributed by atoms with Gasteiger partial charge in [0.15, 0.2) is 12.5 Å². The molecule has 2 heterocycles. The van der Waals surface area contributed by atoms with Crippen LogP contribution >= 0.6 is 0 Å². The third-order valence-corrected chi connectivity index (χ3v) is 5.40. The van der Waals surface area contributed by atoms with Crippen LogP contribution in [0.3, 0.4) is 0 Å². The van der Waals surface area contributed by atoms with Crippen molar-refractivity contribution in [3.05, 3.63) is 35.4 Å². The van der Waals surface area contributed by atoms with Crippen LogP contribution in [0.4, 0.5) is 8.78 Å². The van der Waals surface area contributed by atoms with Crippen molar-refractivity contribution in [1.82, 2.24) is 5.32 Å². The lowest BCUT2D eigenvalue weighted by molar-refractivity contribution is -0.342. The number of carbonyl (C=O) groups is 1. The second kappa shape index (κ2) is 10.6. The molecule has 1 amide bonds. The number of aliphatic hydroxyl groups is 7. The lowest BCUT2D eigenvalue weighted by Gasteiger charge is -2.46. The molecule has 0 aromatic heterocycles. The Morgan fingerprint density at radius 1 is 0.848 bits per heavy atom. The van der Waals surface area contributed by atoms with Crippen LogP contribution in [-0.2, 0) is 14.2 Å². The van der Waals surface area contributed by atoms with Crippen LogP contribution in [0.1, 0.15) is 10.4 Å². The molecule has 0 aliphatic carbocycles. The normalized spacial score (nSPS) is 39.3. The number of ether oxygens (including phenoxy) is 3. The third kappa shape index (κ3) is 5.46. The maximum atomic E-state index is 13.4. The Morgan fingerprint density at radius 3 is 2.03 bits per heavy atom. The number of rotatable bonds is 6. The van der Waals surface area contributed by atoms with E-state index in [2.05, 4.69) is 5.32 Å². The van der Waals surface area contributed by atoms with Crippen LogP contribution in [0.5, 0.6) is 0 Å². The Bertz CT molecular complexity index is 809. The molecule has 3 rings (SSSR count). The molecule has 33 heavy (non-hydrogen) atoms. The highest BCUT2D eigenvalue weighted by Gasteiger charge is 2.50. The predicted molar refractivity (Wildman–Crippen MR) is 100 cm³/mol. The summed E-state index contributed by atoms with van der Waals surface area (Å²) < 4.78 is 42.6. The first-order chi connectivity index (χ1) is 15.6. The minimum atomic E-state index is -1.87. The molecule has 10 atom stereocenters. The Hall–Kier alpha value is -1.85. The van der Waals surface area contributed by atoms with Crippen molar-refractivity contribution >= 4 is 5.91 Å². The number of amides is 1. The zero-order valence-electron chi connectivity index (χ0n) is 16.9. The van der Waals surface area contributed by atoms with Gasteiger partial charge in [0.2, 0.25) is 0 Å². The standard InChI is InChI=1S/C19H25F2NO11/c20-7-1-6(2-8(21)3-7)17(30)22-18-14(28)13(27)16(10(5-24)31-18)33-19-15(29)12(26)11(25)9(4-23)32-19/h1-3,9-16,18-19,23-29H,4-5H2,(H,22,30)/t9-,10-,11+,12+,13-,14-,15-,16+,18-,19-/m1/s1. The first-order valence-electron chi connectivity index (χ1n) is 9.92. The lowest BCUT2D eigenvalue weighted by atomic mass is 9.96. The molecule has 12 nitrogen and oxygen atoms in total. The maximum Gasteiger partial charge on any atom is 0.253 e. The number of aliphatic hydroxyl groups excluding tert-OH is 7. The lowest BCUT2D eigenvalue weighted by Crippen LogP contribution is -2.66. The summed E-state index contributed by atoms with van der Waals surface area (Å²) in [4.78, 5) is 12.3. The third-order valence-electron chi connectivity index (χ3n) is 5.40. The van der Waals surface area contributed by atoms with E-state index in [1.807, 2.05) is 0 Å². The van der Waals surface area contributed by atoms with Gasteiger partial charge in [-0.25, -0.2) is 8.78 Å². The van der Waals surface area contributed by atoms with E-state index in [4.69, 9.17) is 14.2 Å². The van der Waals surface area contributed by atoms with Gasteiger partial charge in [0.1, 0.15) is 60.5 Å². The van der Waals surface area contributed by atoms with Gasteiger partial charge in [-0.15, -0.1) is 0 Å². The fourth-order valence-corrected chi connectivity index (χ4v) is 3.61. The van der Waals surface area contributed by atoms with Crippen molar-refractivity contribution in [2.75, 3.05) is 13.2 Å². The van der Waals surface area contributed by atoms with Gasteiger partial charge in [-0.05, 0) is 12.1 Å². The van der Waals surface area contributed by atoms with Crippen molar-refractivity contribution < 1.29 is 63.5 Å². The molecule has 2 aliphatic rings. The molecule has 0 bridgehead atoms. The average Bonchev–Trinajstić information content (AvgIpc) is 2.77. The summed E-state index contributed by atoms with van der Waals surface area (Å²) in [5.74, 6) is -3.09. The van der Waals surface area contributed by atoms with Gasteiger partial charge >= 0.3 is 0 Å². The SMILES string of the molecule is O=C(N[C@@H]1O[C@H](CO)[C@H](O[C@H]2O[C@H](CO)[C@H](O)[C@H](O)[C@H]2O)[C@H](O)[C@H]1O)c1cc(F)cc(F)c1. The van der Waals surface area contributed by atoms with Crippen molar-refractivity contribution in [3.8, 4) is 0 Å². The Labute approximate surface area is 185 Å². The van der Waals surface area contributed by atoms with Gasteiger partial charge in [0, 0.05) is 11.6 Å². The molecule has 1 aromatic carbocycles. The van der Waals surface area contributed by atoms with E-state index in [0.717, 1.165) is 12.1 Å². The number of halogens is 2. The molecule has 2 aliphatic heterocycles. The maximum absolute atomic E-state index is 13.4. The first kappa shape index (κ1) is 25.8. The van der Waals surface area contributed by atoms with Gasteiger partial charge < -0.3 is 55.3 Å². The number of hydrogen-bond donors (Lipinski definition) is 8. The minimum absolute atomic E-state index is 0.432. The first-order valence-corrected chi connectivity index (χ1v) is 9.92. The molecular formula is C19H25F2NO11. The van der Waals surface area contributed by atoms with Crippen LogP contribution in [0.2, 0.25) is 0 Å². The number of carbonyl (C=O) groups excluding carboxylic acids is 1. The highest BCUT2D eigenvalue weighted by molar-refractivity contribution is 5.94. The van der Waals surface area contributed by atoms with Crippen LogP contribution in [0, 0.1) is 11.6 Å². The Kier molecular flexibility index (Phi) is 8.28. The fraction of sp³-hybridized carbons (Fsp3) is 0.632. The molecule has 0 radical (unpaired) electrons.